The first-order valence-corrected chi connectivity index (χ1v) is 14.7. The fourth-order valence-corrected chi connectivity index (χ4v) is 8.02. The monoisotopic (exact) mass is 591 g/mol. The Labute approximate surface area is 240 Å². The van der Waals surface area contributed by atoms with Crippen LogP contribution in [0.25, 0.3) is 5.69 Å². The van der Waals surface area contributed by atoms with Crippen molar-refractivity contribution in [3.05, 3.63) is 86.8 Å². The highest BCUT2D eigenvalue weighted by atomic mass is 35.5. The van der Waals surface area contributed by atoms with Crippen molar-refractivity contribution in [2.75, 3.05) is 0 Å². The SMILES string of the molecule is O=C(NC12CC3CC(CC(C3)C1)C2)c1cn(Cc2ccc(CCl)cc2CCl)n(-c2ccc(C(F)(F)F)cc2)c1=O. The van der Waals surface area contributed by atoms with E-state index >= 15 is 0 Å². The number of halogens is 5. The standard InChI is InChI=1S/C30H30Cl2F3N3O2/c31-14-18-1-2-22(23(10-18)15-32)16-37-17-26(28(40)38(37)25-5-3-24(4-6-25)30(33,34)35)27(39)36-29-11-19-7-20(12-29)9-21(8-19)13-29/h1-6,10,17,19-21H,7-9,11-16H2,(H,36,39). The zero-order chi connectivity index (χ0) is 28.2. The van der Waals surface area contributed by atoms with Crippen LogP contribution < -0.4 is 10.9 Å². The van der Waals surface area contributed by atoms with Gasteiger partial charge in [0.1, 0.15) is 5.56 Å². The smallest absolute Gasteiger partial charge is 0.346 e. The number of alkyl halides is 5. The highest BCUT2D eigenvalue weighted by Gasteiger charge is 2.51. The fourth-order valence-electron chi connectivity index (χ4n) is 7.61. The van der Waals surface area contributed by atoms with E-state index in [-0.39, 0.29) is 29.2 Å². The van der Waals surface area contributed by atoms with E-state index in [0.29, 0.717) is 23.6 Å². The normalized spacial score (nSPS) is 25.4. The Kier molecular flexibility index (Phi) is 7.06. The molecule has 0 saturated heterocycles. The summed E-state index contributed by atoms with van der Waals surface area (Å²) >= 11 is 12.2. The fraction of sp³-hybridized carbons (Fsp3) is 0.467. The number of hydrogen-bond acceptors (Lipinski definition) is 2. The molecule has 4 aliphatic carbocycles. The Morgan fingerprint density at radius 2 is 1.55 bits per heavy atom. The third-order valence-electron chi connectivity index (χ3n) is 8.96. The lowest BCUT2D eigenvalue weighted by molar-refractivity contribution is -0.137. The van der Waals surface area contributed by atoms with E-state index in [1.165, 1.54) is 42.3 Å². The van der Waals surface area contributed by atoms with Crippen molar-refractivity contribution in [1.29, 1.82) is 0 Å². The average molecular weight is 592 g/mol. The second kappa shape index (κ2) is 10.3. The van der Waals surface area contributed by atoms with E-state index in [0.717, 1.165) is 48.1 Å². The number of carbonyl (C=O) groups excluding carboxylic acids is 1. The lowest BCUT2D eigenvalue weighted by Crippen LogP contribution is -2.60. The van der Waals surface area contributed by atoms with Crippen molar-refractivity contribution in [3.63, 3.8) is 0 Å². The molecule has 3 aromatic rings. The summed E-state index contributed by atoms with van der Waals surface area (Å²) in [5.74, 6) is 1.95. The van der Waals surface area contributed by atoms with Crippen molar-refractivity contribution in [2.45, 2.75) is 68.5 Å². The molecule has 1 heterocycles. The minimum atomic E-state index is -4.51. The zero-order valence-electron chi connectivity index (χ0n) is 21.8. The van der Waals surface area contributed by atoms with E-state index in [4.69, 9.17) is 23.2 Å². The molecule has 0 aliphatic heterocycles. The van der Waals surface area contributed by atoms with E-state index in [9.17, 15) is 22.8 Å². The third kappa shape index (κ3) is 5.09. The van der Waals surface area contributed by atoms with Gasteiger partial charge in [0.05, 0.1) is 17.8 Å². The molecule has 1 N–H and O–H groups in total. The summed E-state index contributed by atoms with van der Waals surface area (Å²) in [5.41, 5.74) is 1.05. The first-order chi connectivity index (χ1) is 19.1. The van der Waals surface area contributed by atoms with Gasteiger partial charge in [-0.3, -0.25) is 14.3 Å². The van der Waals surface area contributed by atoms with E-state index in [1.54, 1.807) is 4.68 Å². The molecule has 7 rings (SSSR count). The van der Waals surface area contributed by atoms with Gasteiger partial charge in [-0.2, -0.15) is 13.2 Å². The third-order valence-corrected chi connectivity index (χ3v) is 9.56. The Morgan fingerprint density at radius 1 is 0.925 bits per heavy atom. The minimum Gasteiger partial charge on any atom is -0.346 e. The maximum absolute atomic E-state index is 13.8. The number of aromatic nitrogens is 2. The molecule has 4 fully saturated rings. The average Bonchev–Trinajstić information content (AvgIpc) is 3.23. The molecular weight excluding hydrogens is 562 g/mol. The van der Waals surface area contributed by atoms with E-state index in [1.807, 2.05) is 18.2 Å². The molecule has 0 unspecified atom stereocenters. The lowest BCUT2D eigenvalue weighted by Gasteiger charge is -2.56. The first-order valence-electron chi connectivity index (χ1n) is 13.6. The molecule has 1 amide bonds. The number of nitrogens with zero attached hydrogens (tertiary/aromatic N) is 2. The maximum atomic E-state index is 13.8. The Morgan fingerprint density at radius 3 is 2.10 bits per heavy atom. The Hall–Kier alpha value is -2.71. The molecule has 0 atom stereocenters. The summed E-state index contributed by atoms with van der Waals surface area (Å²) in [6.07, 6.45) is 3.46. The van der Waals surface area contributed by atoms with Gasteiger partial charge in [-0.15, -0.1) is 23.2 Å². The van der Waals surface area contributed by atoms with Crippen LogP contribution in [-0.2, 0) is 24.5 Å². The van der Waals surface area contributed by atoms with Crippen molar-refractivity contribution < 1.29 is 18.0 Å². The molecule has 40 heavy (non-hydrogen) atoms. The second-order valence-electron chi connectivity index (χ2n) is 11.8. The molecule has 0 radical (unpaired) electrons. The highest BCUT2D eigenvalue weighted by molar-refractivity contribution is 6.17. The van der Waals surface area contributed by atoms with Crippen LogP contribution in [0.15, 0.2) is 53.5 Å². The first kappa shape index (κ1) is 27.5. The molecule has 5 nitrogen and oxygen atoms in total. The molecule has 1 aromatic heterocycles. The summed E-state index contributed by atoms with van der Waals surface area (Å²) in [6.45, 7) is 0.186. The molecule has 4 aliphatic rings. The predicted molar refractivity (Wildman–Crippen MR) is 148 cm³/mol. The molecule has 10 heteroatoms. The molecular formula is C30H30Cl2F3N3O2. The quantitative estimate of drug-likeness (QED) is 0.304. The predicted octanol–water partition coefficient (Wildman–Crippen LogP) is 6.88. The zero-order valence-corrected chi connectivity index (χ0v) is 23.3. The van der Waals surface area contributed by atoms with Gasteiger partial charge in [-0.25, -0.2) is 4.68 Å². The van der Waals surface area contributed by atoms with E-state index in [2.05, 4.69) is 5.32 Å². The van der Waals surface area contributed by atoms with Gasteiger partial charge in [0.15, 0.2) is 0 Å². The summed E-state index contributed by atoms with van der Waals surface area (Å²) in [5, 5.41) is 3.25. The molecule has 4 bridgehead atoms. The summed E-state index contributed by atoms with van der Waals surface area (Å²) in [4.78, 5) is 27.4. The summed E-state index contributed by atoms with van der Waals surface area (Å²) in [7, 11) is 0. The van der Waals surface area contributed by atoms with Crippen molar-refractivity contribution in [3.8, 4) is 5.69 Å². The molecule has 2 aromatic carbocycles. The van der Waals surface area contributed by atoms with E-state index < -0.39 is 23.2 Å². The van der Waals surface area contributed by atoms with Gasteiger partial charge in [0.25, 0.3) is 11.5 Å². The number of nitrogens with one attached hydrogen (secondary N) is 1. The molecule has 0 spiro atoms. The van der Waals surface area contributed by atoms with Crippen LogP contribution in [0.4, 0.5) is 13.2 Å². The molecule has 4 saturated carbocycles. The van der Waals surface area contributed by atoms with Crippen LogP contribution in [0.3, 0.4) is 0 Å². The van der Waals surface area contributed by atoms with Crippen molar-refractivity contribution in [2.24, 2.45) is 17.8 Å². The Bertz CT molecular complexity index is 1460. The lowest BCUT2D eigenvalue weighted by atomic mass is 9.53. The number of carbonyl (C=O) groups is 1. The van der Waals surface area contributed by atoms with Crippen LogP contribution in [-0.4, -0.2) is 20.8 Å². The number of benzene rings is 2. The van der Waals surface area contributed by atoms with Crippen LogP contribution in [0.5, 0.6) is 0 Å². The van der Waals surface area contributed by atoms with Crippen LogP contribution >= 0.6 is 23.2 Å². The van der Waals surface area contributed by atoms with Gasteiger partial charge >= 0.3 is 6.18 Å². The van der Waals surface area contributed by atoms with Crippen LogP contribution in [0, 0.1) is 17.8 Å². The summed E-state index contributed by atoms with van der Waals surface area (Å²) < 4.78 is 42.5. The topological polar surface area (TPSA) is 56.0 Å². The largest absolute Gasteiger partial charge is 0.416 e. The molecule has 212 valence electrons. The minimum absolute atomic E-state index is 0.0274. The Balaban J connectivity index is 1.38. The summed E-state index contributed by atoms with van der Waals surface area (Å²) in [6, 6.07) is 10.00. The van der Waals surface area contributed by atoms with Gasteiger partial charge in [-0.1, -0.05) is 18.2 Å². The number of rotatable bonds is 7. The highest BCUT2D eigenvalue weighted by Crippen LogP contribution is 2.55. The van der Waals surface area contributed by atoms with Gasteiger partial charge in [0, 0.05) is 23.5 Å². The van der Waals surface area contributed by atoms with Crippen molar-refractivity contribution >= 4 is 29.1 Å². The number of amides is 1. The van der Waals surface area contributed by atoms with Gasteiger partial charge < -0.3 is 5.32 Å². The van der Waals surface area contributed by atoms with Crippen LogP contribution in [0.2, 0.25) is 0 Å². The van der Waals surface area contributed by atoms with Gasteiger partial charge in [0.2, 0.25) is 0 Å². The maximum Gasteiger partial charge on any atom is 0.416 e. The van der Waals surface area contributed by atoms with Crippen LogP contribution in [0.1, 0.15) is 71.1 Å². The second-order valence-corrected chi connectivity index (χ2v) is 12.4. The van der Waals surface area contributed by atoms with Gasteiger partial charge in [-0.05, 0) is 97.2 Å². The van der Waals surface area contributed by atoms with Crippen molar-refractivity contribution in [1.82, 2.24) is 14.7 Å². The number of hydrogen-bond donors (Lipinski definition) is 1.